The summed E-state index contributed by atoms with van der Waals surface area (Å²) < 4.78 is 0.911. The second-order valence-electron chi connectivity index (χ2n) is 4.10. The van der Waals surface area contributed by atoms with E-state index in [1.54, 1.807) is 0 Å². The van der Waals surface area contributed by atoms with E-state index in [2.05, 4.69) is 37.9 Å². The number of likely N-dealkylation sites (tertiary alicyclic amines) is 1. The molecule has 2 heterocycles. The maximum absolute atomic E-state index is 5.87. The van der Waals surface area contributed by atoms with Crippen LogP contribution in [0.2, 0.25) is 0 Å². The molecule has 0 aromatic carbocycles. The van der Waals surface area contributed by atoms with Crippen LogP contribution in [0.4, 0.5) is 0 Å². The van der Waals surface area contributed by atoms with Gasteiger partial charge in [-0.1, -0.05) is 0 Å². The van der Waals surface area contributed by atoms with Crippen molar-refractivity contribution < 1.29 is 0 Å². The highest BCUT2D eigenvalue weighted by molar-refractivity contribution is 9.10. The predicted octanol–water partition coefficient (Wildman–Crippen LogP) is 1.77. The third kappa shape index (κ3) is 3.26. The highest BCUT2D eigenvalue weighted by atomic mass is 79.9. The number of aromatic nitrogens is 1. The maximum Gasteiger partial charge on any atom is 0.106 e. The van der Waals surface area contributed by atoms with Gasteiger partial charge in [-0.15, -0.1) is 0 Å². The summed E-state index contributed by atoms with van der Waals surface area (Å²) in [5, 5.41) is 0. The van der Waals surface area contributed by atoms with Crippen molar-refractivity contribution in [2.24, 2.45) is 5.73 Å². The van der Waals surface area contributed by atoms with Gasteiger partial charge < -0.3 is 5.73 Å². The van der Waals surface area contributed by atoms with E-state index in [0.29, 0.717) is 6.04 Å². The number of halogens is 1. The highest BCUT2D eigenvalue weighted by Crippen LogP contribution is 2.14. The van der Waals surface area contributed by atoms with Crippen LogP contribution >= 0.6 is 15.9 Å². The van der Waals surface area contributed by atoms with E-state index in [1.807, 2.05) is 6.20 Å². The Balaban J connectivity index is 1.92. The summed E-state index contributed by atoms with van der Waals surface area (Å²) in [4.78, 5) is 6.57. The van der Waals surface area contributed by atoms with Crippen molar-refractivity contribution in [3.8, 4) is 0 Å². The van der Waals surface area contributed by atoms with Crippen LogP contribution in [-0.4, -0.2) is 29.0 Å². The lowest BCUT2D eigenvalue weighted by atomic mass is 10.1. The van der Waals surface area contributed by atoms with Crippen LogP contribution in [0.25, 0.3) is 0 Å². The Labute approximate surface area is 98.8 Å². The van der Waals surface area contributed by atoms with Crippen LogP contribution in [-0.2, 0) is 6.54 Å². The Morgan fingerprint density at radius 1 is 1.47 bits per heavy atom. The second-order valence-corrected chi connectivity index (χ2v) is 4.91. The molecule has 1 aromatic heterocycles. The number of piperidine rings is 1. The molecule has 2 N–H and O–H groups in total. The van der Waals surface area contributed by atoms with Gasteiger partial charge in [-0.05, 0) is 59.6 Å². The van der Waals surface area contributed by atoms with Gasteiger partial charge in [-0.25, -0.2) is 4.98 Å². The summed E-state index contributed by atoms with van der Waals surface area (Å²) in [6.07, 6.45) is 4.08. The zero-order valence-corrected chi connectivity index (χ0v) is 10.3. The van der Waals surface area contributed by atoms with Gasteiger partial charge in [0.2, 0.25) is 0 Å². The number of pyridine rings is 1. The summed E-state index contributed by atoms with van der Waals surface area (Å²) in [5.74, 6) is 0. The maximum atomic E-state index is 5.87. The minimum Gasteiger partial charge on any atom is -0.328 e. The quantitative estimate of drug-likeness (QED) is 0.833. The molecule has 1 aliphatic rings. The first-order valence-corrected chi connectivity index (χ1v) is 6.12. The number of nitrogens with zero attached hydrogens (tertiary/aromatic N) is 2. The normalized spacial score (nSPS) is 19.3. The van der Waals surface area contributed by atoms with Gasteiger partial charge in [0.15, 0.2) is 0 Å². The third-order valence-corrected chi connectivity index (χ3v) is 3.26. The van der Waals surface area contributed by atoms with E-state index in [4.69, 9.17) is 5.73 Å². The van der Waals surface area contributed by atoms with Crippen LogP contribution in [0.5, 0.6) is 0 Å². The SMILES string of the molecule is NC1CCN(Cc2ccnc(Br)c2)CC1. The van der Waals surface area contributed by atoms with Crippen molar-refractivity contribution in [3.63, 3.8) is 0 Å². The average Bonchev–Trinajstić information content (AvgIpc) is 2.22. The smallest absolute Gasteiger partial charge is 0.106 e. The van der Waals surface area contributed by atoms with Crippen LogP contribution in [0.3, 0.4) is 0 Å². The van der Waals surface area contributed by atoms with Crippen molar-refractivity contribution in [2.45, 2.75) is 25.4 Å². The molecule has 2 rings (SSSR count). The lowest BCUT2D eigenvalue weighted by Crippen LogP contribution is -2.39. The third-order valence-electron chi connectivity index (χ3n) is 2.83. The summed E-state index contributed by atoms with van der Waals surface area (Å²) in [6.45, 7) is 3.23. The monoisotopic (exact) mass is 269 g/mol. The highest BCUT2D eigenvalue weighted by Gasteiger charge is 2.15. The number of rotatable bonds is 2. The molecule has 0 saturated carbocycles. The van der Waals surface area contributed by atoms with Crippen molar-refractivity contribution in [1.82, 2.24) is 9.88 Å². The largest absolute Gasteiger partial charge is 0.328 e. The van der Waals surface area contributed by atoms with Gasteiger partial charge in [-0.2, -0.15) is 0 Å². The van der Waals surface area contributed by atoms with Crippen molar-refractivity contribution in [1.29, 1.82) is 0 Å². The van der Waals surface area contributed by atoms with Gasteiger partial charge in [0.1, 0.15) is 4.60 Å². The van der Waals surface area contributed by atoms with Crippen LogP contribution in [0.1, 0.15) is 18.4 Å². The molecule has 0 aliphatic carbocycles. The van der Waals surface area contributed by atoms with Gasteiger partial charge in [-0.3, -0.25) is 4.90 Å². The van der Waals surface area contributed by atoms with Crippen LogP contribution in [0, 0.1) is 0 Å². The van der Waals surface area contributed by atoms with Crippen LogP contribution in [0.15, 0.2) is 22.9 Å². The molecule has 0 radical (unpaired) electrons. The van der Waals surface area contributed by atoms with Gasteiger partial charge in [0, 0.05) is 18.8 Å². The minimum atomic E-state index is 0.408. The topological polar surface area (TPSA) is 42.1 Å². The van der Waals surface area contributed by atoms with Crippen molar-refractivity contribution in [2.75, 3.05) is 13.1 Å². The summed E-state index contributed by atoms with van der Waals surface area (Å²) in [5.41, 5.74) is 7.18. The fourth-order valence-corrected chi connectivity index (χ4v) is 2.32. The molecule has 1 saturated heterocycles. The minimum absolute atomic E-state index is 0.408. The molecule has 4 heteroatoms. The van der Waals surface area contributed by atoms with E-state index in [1.165, 1.54) is 5.56 Å². The molecule has 0 bridgehead atoms. The van der Waals surface area contributed by atoms with E-state index in [9.17, 15) is 0 Å². The Morgan fingerprint density at radius 3 is 2.87 bits per heavy atom. The molecule has 1 fully saturated rings. The second kappa shape index (κ2) is 5.05. The molecule has 0 unspecified atom stereocenters. The van der Waals surface area contributed by atoms with E-state index in [-0.39, 0.29) is 0 Å². The molecule has 0 amide bonds. The zero-order chi connectivity index (χ0) is 10.7. The number of hydrogen-bond acceptors (Lipinski definition) is 3. The molecule has 1 aliphatic heterocycles. The molecular weight excluding hydrogens is 254 g/mol. The predicted molar refractivity (Wildman–Crippen MR) is 64.4 cm³/mol. The summed E-state index contributed by atoms with van der Waals surface area (Å²) >= 11 is 3.39. The number of hydrogen-bond donors (Lipinski definition) is 1. The molecule has 0 spiro atoms. The molecule has 3 nitrogen and oxygen atoms in total. The molecule has 82 valence electrons. The van der Waals surface area contributed by atoms with Gasteiger partial charge in [0.05, 0.1) is 0 Å². The Morgan fingerprint density at radius 2 is 2.20 bits per heavy atom. The van der Waals surface area contributed by atoms with E-state index < -0.39 is 0 Å². The van der Waals surface area contributed by atoms with Gasteiger partial charge >= 0.3 is 0 Å². The Hall–Kier alpha value is -0.450. The fourth-order valence-electron chi connectivity index (χ4n) is 1.91. The number of nitrogens with two attached hydrogens (primary N) is 1. The lowest BCUT2D eigenvalue weighted by Gasteiger charge is -2.29. The Bertz CT molecular complexity index is 321. The first kappa shape index (κ1) is 11.0. The summed E-state index contributed by atoms with van der Waals surface area (Å²) in [7, 11) is 0. The van der Waals surface area contributed by atoms with E-state index >= 15 is 0 Å². The molecular formula is C11H16BrN3. The average molecular weight is 270 g/mol. The molecule has 1 aromatic rings. The van der Waals surface area contributed by atoms with E-state index in [0.717, 1.165) is 37.1 Å². The fraction of sp³-hybridized carbons (Fsp3) is 0.545. The van der Waals surface area contributed by atoms with Crippen LogP contribution < -0.4 is 5.73 Å². The molecule has 0 atom stereocenters. The first-order chi connectivity index (χ1) is 7.24. The standard InChI is InChI=1S/C11H16BrN3/c12-11-7-9(1-4-14-11)8-15-5-2-10(13)3-6-15/h1,4,7,10H,2-3,5-6,8,13H2. The molecule has 15 heavy (non-hydrogen) atoms. The van der Waals surface area contributed by atoms with Gasteiger partial charge in [0.25, 0.3) is 0 Å². The lowest BCUT2D eigenvalue weighted by molar-refractivity contribution is 0.205. The Kier molecular flexibility index (Phi) is 3.72. The first-order valence-electron chi connectivity index (χ1n) is 5.32. The van der Waals surface area contributed by atoms with Crippen molar-refractivity contribution in [3.05, 3.63) is 28.5 Å². The van der Waals surface area contributed by atoms with Crippen molar-refractivity contribution >= 4 is 15.9 Å². The zero-order valence-electron chi connectivity index (χ0n) is 8.69. The summed E-state index contributed by atoms with van der Waals surface area (Å²) in [6, 6.07) is 4.55.